The van der Waals surface area contributed by atoms with Crippen LogP contribution < -0.4 is 5.32 Å². The van der Waals surface area contributed by atoms with Crippen molar-refractivity contribution >= 4 is 29.3 Å². The number of aldehydes is 1. The number of carboxylic acid groups (broad SMARTS) is 1. The number of aromatic carboxylic acids is 1. The number of carbonyl (C=O) groups is 3. The van der Waals surface area contributed by atoms with E-state index < -0.39 is 52.7 Å². The summed E-state index contributed by atoms with van der Waals surface area (Å²) in [5.74, 6) is -2.22. The summed E-state index contributed by atoms with van der Waals surface area (Å²) in [6.45, 7) is 5.30. The average molecular weight is 594 g/mol. The van der Waals surface area contributed by atoms with Gasteiger partial charge in [-0.1, -0.05) is 7.43 Å². The summed E-state index contributed by atoms with van der Waals surface area (Å²) in [7, 11) is 0. The largest absolute Gasteiger partial charge is 0.507 e. The number of phenols is 1. The van der Waals surface area contributed by atoms with Gasteiger partial charge in [0.1, 0.15) is 16.9 Å². The first-order valence-electron chi connectivity index (χ1n) is 11.5. The van der Waals surface area contributed by atoms with Crippen LogP contribution in [0.4, 0.5) is 31.1 Å². The van der Waals surface area contributed by atoms with Crippen molar-refractivity contribution in [1.29, 1.82) is 0 Å². The molecule has 226 valence electrons. The number of rotatable bonds is 6. The Kier molecular flexibility index (Phi) is 11.4. The highest BCUT2D eigenvalue weighted by Crippen LogP contribution is 2.35. The number of hydrogen-bond donors (Lipinski definition) is 3. The Bertz CT molecular complexity index is 1370. The molecule has 3 N–H and O–H groups in total. The van der Waals surface area contributed by atoms with Gasteiger partial charge in [0, 0.05) is 17.5 Å². The van der Waals surface area contributed by atoms with Crippen LogP contribution in [-0.2, 0) is 23.5 Å². The zero-order valence-electron chi connectivity index (χ0n) is 21.4. The number of benzene rings is 2. The van der Waals surface area contributed by atoms with Crippen LogP contribution in [-0.4, -0.2) is 40.7 Å². The number of aryl methyl sites for hydroxylation is 1. The molecule has 0 unspecified atom stereocenters. The standard InChI is InChI=1S/C18H20F3NO5.C8H5F3O2.CH4/c1-17(2,3)27-16(25)22-8-4-5-11-12-9-10(18(19,20)21)6-7-13(12)26-14(11)15(23)24;9-8(10,11)6-1-2-7(13)5(3-6)4-12;/h6-7,9H,4-5,8H2,1-3H3,(H,22,25)(H,23,24);1-4,13H;1H4. The summed E-state index contributed by atoms with van der Waals surface area (Å²) in [5, 5.41) is 20.8. The van der Waals surface area contributed by atoms with Crippen LogP contribution >= 0.6 is 0 Å². The molecule has 2 aromatic carbocycles. The second kappa shape index (κ2) is 13.4. The molecule has 0 aliphatic heterocycles. The fourth-order valence-electron chi connectivity index (χ4n) is 3.34. The number of furan rings is 1. The summed E-state index contributed by atoms with van der Waals surface area (Å²) in [6.07, 6.45) is -9.09. The van der Waals surface area contributed by atoms with E-state index in [1.165, 1.54) is 0 Å². The van der Waals surface area contributed by atoms with E-state index in [4.69, 9.17) is 14.3 Å². The third-order valence-electron chi connectivity index (χ3n) is 5.07. The maximum Gasteiger partial charge on any atom is 0.416 e. The number of phenolic OH excluding ortho intramolecular Hbond substituents is 1. The van der Waals surface area contributed by atoms with E-state index in [0.29, 0.717) is 18.6 Å². The van der Waals surface area contributed by atoms with Gasteiger partial charge in [-0.3, -0.25) is 4.79 Å². The Balaban J connectivity index is 0.000000505. The monoisotopic (exact) mass is 593 g/mol. The number of amides is 1. The Morgan fingerprint density at radius 2 is 1.54 bits per heavy atom. The fraction of sp³-hybridized carbons (Fsp3) is 0.370. The van der Waals surface area contributed by atoms with Crippen molar-refractivity contribution in [2.24, 2.45) is 0 Å². The zero-order chi connectivity index (χ0) is 30.5. The normalized spacial score (nSPS) is 11.6. The number of carboxylic acids is 1. The fourth-order valence-corrected chi connectivity index (χ4v) is 3.34. The third kappa shape index (κ3) is 10.0. The quantitative estimate of drug-likeness (QED) is 0.154. The smallest absolute Gasteiger partial charge is 0.416 e. The molecule has 1 aromatic heterocycles. The Morgan fingerprint density at radius 1 is 0.976 bits per heavy atom. The molecule has 0 spiro atoms. The SMILES string of the molecule is C.CC(C)(C)OC(=O)NCCCc1c(C(=O)O)oc2ccc(C(F)(F)F)cc12.O=Cc1cc(C(F)(F)F)ccc1O. The van der Waals surface area contributed by atoms with Crippen LogP contribution in [0, 0.1) is 0 Å². The summed E-state index contributed by atoms with van der Waals surface area (Å²) in [4.78, 5) is 33.1. The molecule has 41 heavy (non-hydrogen) atoms. The van der Waals surface area contributed by atoms with Crippen LogP contribution in [0.1, 0.15) is 72.2 Å². The van der Waals surface area contributed by atoms with E-state index in [-0.39, 0.29) is 48.8 Å². The van der Waals surface area contributed by atoms with Gasteiger partial charge in [0.2, 0.25) is 5.76 Å². The molecule has 0 bridgehead atoms. The van der Waals surface area contributed by atoms with Gasteiger partial charge < -0.3 is 24.7 Å². The van der Waals surface area contributed by atoms with Gasteiger partial charge >= 0.3 is 24.4 Å². The third-order valence-corrected chi connectivity index (χ3v) is 5.07. The van der Waals surface area contributed by atoms with Crippen molar-refractivity contribution in [2.45, 2.75) is 59.0 Å². The van der Waals surface area contributed by atoms with Crippen molar-refractivity contribution < 1.29 is 60.1 Å². The lowest BCUT2D eigenvalue weighted by atomic mass is 10.0. The average Bonchev–Trinajstić information content (AvgIpc) is 3.18. The Labute approximate surface area is 230 Å². The van der Waals surface area contributed by atoms with Gasteiger partial charge in [0.25, 0.3) is 0 Å². The molecule has 0 saturated heterocycles. The van der Waals surface area contributed by atoms with Gasteiger partial charge in [-0.2, -0.15) is 26.3 Å². The number of hydrogen-bond acceptors (Lipinski definition) is 6. The molecule has 0 saturated carbocycles. The van der Waals surface area contributed by atoms with E-state index in [1.54, 1.807) is 20.8 Å². The zero-order valence-corrected chi connectivity index (χ0v) is 21.4. The minimum atomic E-state index is -4.55. The number of carbonyl (C=O) groups excluding carboxylic acids is 2. The molecule has 0 aliphatic carbocycles. The minimum Gasteiger partial charge on any atom is -0.507 e. The van der Waals surface area contributed by atoms with Crippen molar-refractivity contribution in [3.05, 3.63) is 64.4 Å². The number of alkyl halides is 6. The van der Waals surface area contributed by atoms with Crippen molar-refractivity contribution in [3.63, 3.8) is 0 Å². The number of fused-ring (bicyclic) bond motifs is 1. The molecule has 0 fully saturated rings. The lowest BCUT2D eigenvalue weighted by Crippen LogP contribution is -2.33. The molecule has 8 nitrogen and oxygen atoms in total. The first-order chi connectivity index (χ1) is 18.3. The number of aromatic hydroxyl groups is 1. The van der Waals surface area contributed by atoms with E-state index in [0.717, 1.165) is 24.3 Å². The van der Waals surface area contributed by atoms with Crippen molar-refractivity contribution in [2.75, 3.05) is 6.54 Å². The molecular weight excluding hydrogens is 564 g/mol. The summed E-state index contributed by atoms with van der Waals surface area (Å²) < 4.78 is 85.2. The van der Waals surface area contributed by atoms with Gasteiger partial charge in [0.15, 0.2) is 6.29 Å². The van der Waals surface area contributed by atoms with Gasteiger partial charge in [0.05, 0.1) is 16.7 Å². The highest BCUT2D eigenvalue weighted by molar-refractivity contribution is 5.95. The molecule has 1 heterocycles. The van der Waals surface area contributed by atoms with E-state index in [2.05, 4.69) is 5.32 Å². The maximum absolute atomic E-state index is 12.9. The lowest BCUT2D eigenvalue weighted by molar-refractivity contribution is -0.138. The molecular formula is C27H29F6NO7. The van der Waals surface area contributed by atoms with Gasteiger partial charge in [-0.05, 0) is 70.0 Å². The highest BCUT2D eigenvalue weighted by atomic mass is 19.4. The summed E-state index contributed by atoms with van der Waals surface area (Å²) >= 11 is 0. The molecule has 0 atom stereocenters. The number of ether oxygens (including phenoxy) is 1. The predicted molar refractivity (Wildman–Crippen MR) is 136 cm³/mol. The topological polar surface area (TPSA) is 126 Å². The first kappa shape index (κ1) is 34.8. The van der Waals surface area contributed by atoms with Crippen LogP contribution in [0.25, 0.3) is 11.0 Å². The molecule has 0 radical (unpaired) electrons. The number of halogens is 6. The van der Waals surface area contributed by atoms with E-state index >= 15 is 0 Å². The van der Waals surface area contributed by atoms with Crippen LogP contribution in [0.3, 0.4) is 0 Å². The molecule has 14 heteroatoms. The second-order valence-electron chi connectivity index (χ2n) is 9.35. The molecule has 0 aliphatic rings. The number of nitrogens with one attached hydrogen (secondary N) is 1. The van der Waals surface area contributed by atoms with Crippen LogP contribution in [0.15, 0.2) is 40.8 Å². The summed E-state index contributed by atoms with van der Waals surface area (Å²) in [5.41, 5.74) is -2.64. The Morgan fingerprint density at radius 3 is 2.05 bits per heavy atom. The van der Waals surface area contributed by atoms with Crippen LogP contribution in [0.5, 0.6) is 5.75 Å². The summed E-state index contributed by atoms with van der Waals surface area (Å²) in [6, 6.07) is 4.97. The first-order valence-corrected chi connectivity index (χ1v) is 11.5. The van der Waals surface area contributed by atoms with E-state index in [9.17, 15) is 45.8 Å². The number of alkyl carbamates (subject to hydrolysis) is 1. The highest BCUT2D eigenvalue weighted by Gasteiger charge is 2.32. The van der Waals surface area contributed by atoms with Crippen LogP contribution in [0.2, 0.25) is 0 Å². The van der Waals surface area contributed by atoms with Crippen molar-refractivity contribution in [1.82, 2.24) is 5.32 Å². The maximum atomic E-state index is 12.9. The molecule has 1 amide bonds. The van der Waals surface area contributed by atoms with Gasteiger partial charge in [-0.25, -0.2) is 9.59 Å². The Hall–Kier alpha value is -4.23. The lowest BCUT2D eigenvalue weighted by Gasteiger charge is -2.19. The second-order valence-corrected chi connectivity index (χ2v) is 9.35. The molecule has 3 rings (SSSR count). The predicted octanol–water partition coefficient (Wildman–Crippen LogP) is 7.47. The molecule has 3 aromatic rings. The minimum absolute atomic E-state index is 0. The van der Waals surface area contributed by atoms with Crippen molar-refractivity contribution in [3.8, 4) is 5.75 Å². The van der Waals surface area contributed by atoms with Gasteiger partial charge in [-0.15, -0.1) is 0 Å². The van der Waals surface area contributed by atoms with E-state index in [1.807, 2.05) is 0 Å².